The highest BCUT2D eigenvalue weighted by atomic mass is 32.1. The van der Waals surface area contributed by atoms with Gasteiger partial charge in [0.25, 0.3) is 5.91 Å². The van der Waals surface area contributed by atoms with E-state index < -0.39 is 23.7 Å². The zero-order valence-corrected chi connectivity index (χ0v) is 18.7. The lowest BCUT2D eigenvalue weighted by Crippen LogP contribution is -2.29. The average molecular weight is 464 g/mol. The van der Waals surface area contributed by atoms with Gasteiger partial charge in [-0.1, -0.05) is 35.1 Å². The highest BCUT2D eigenvalue weighted by molar-refractivity contribution is 7.17. The van der Waals surface area contributed by atoms with Crippen LogP contribution in [0.4, 0.5) is 9.52 Å². The van der Waals surface area contributed by atoms with Crippen LogP contribution in [0.3, 0.4) is 0 Å². The molecule has 1 aliphatic heterocycles. The van der Waals surface area contributed by atoms with E-state index in [0.717, 1.165) is 16.9 Å². The van der Waals surface area contributed by atoms with Crippen LogP contribution >= 0.6 is 11.3 Å². The summed E-state index contributed by atoms with van der Waals surface area (Å²) in [6.07, 6.45) is 0. The van der Waals surface area contributed by atoms with E-state index in [0.29, 0.717) is 22.2 Å². The maximum Gasteiger partial charge on any atom is 0.350 e. The van der Waals surface area contributed by atoms with Crippen molar-refractivity contribution in [2.24, 2.45) is 0 Å². The van der Waals surface area contributed by atoms with Crippen molar-refractivity contribution < 1.29 is 23.1 Å². The molecule has 1 atom stereocenters. The molecule has 3 heterocycles. The minimum Gasteiger partial charge on any atom is -0.465 e. The maximum atomic E-state index is 13.7. The highest BCUT2D eigenvalue weighted by Gasteiger charge is 2.45. The zero-order valence-electron chi connectivity index (χ0n) is 17.8. The molecule has 0 fully saturated rings. The zero-order chi connectivity index (χ0) is 23.4. The normalized spacial score (nSPS) is 15.2. The summed E-state index contributed by atoms with van der Waals surface area (Å²) in [6, 6.07) is 9.79. The van der Waals surface area contributed by atoms with Crippen molar-refractivity contribution in [2.75, 3.05) is 12.0 Å². The lowest BCUT2D eigenvalue weighted by atomic mass is 9.98. The van der Waals surface area contributed by atoms with E-state index in [4.69, 9.17) is 9.15 Å². The molecule has 0 spiro atoms. The van der Waals surface area contributed by atoms with Gasteiger partial charge in [0.1, 0.15) is 16.3 Å². The second-order valence-electron chi connectivity index (χ2n) is 7.71. The van der Waals surface area contributed by atoms with Crippen LogP contribution < -0.4 is 10.3 Å². The predicted molar refractivity (Wildman–Crippen MR) is 120 cm³/mol. The summed E-state index contributed by atoms with van der Waals surface area (Å²) >= 11 is 0.980. The SMILES string of the molecule is COC(=O)c1sc(N2C(=O)c3oc4ccc(C)cc4c(=O)c3[C@H]2c2ccc(F)cc2)nc1C. The number of nitrogens with zero attached hydrogens (tertiary/aromatic N) is 2. The molecule has 7 nitrogen and oxygen atoms in total. The Balaban J connectivity index is 1.78. The Bertz CT molecular complexity index is 1510. The first-order valence-electron chi connectivity index (χ1n) is 10.0. The number of aromatic nitrogens is 1. The molecule has 0 saturated heterocycles. The van der Waals surface area contributed by atoms with Gasteiger partial charge in [-0.2, -0.15) is 0 Å². The van der Waals surface area contributed by atoms with Gasteiger partial charge in [0, 0.05) is 0 Å². The van der Waals surface area contributed by atoms with E-state index in [1.54, 1.807) is 25.1 Å². The Labute approximate surface area is 191 Å². The molecule has 5 rings (SSSR count). The fourth-order valence-electron chi connectivity index (χ4n) is 4.01. The first-order valence-corrected chi connectivity index (χ1v) is 10.8. The maximum absolute atomic E-state index is 13.7. The highest BCUT2D eigenvalue weighted by Crippen LogP contribution is 2.43. The lowest BCUT2D eigenvalue weighted by molar-refractivity contribution is 0.0605. The predicted octanol–water partition coefficient (Wildman–Crippen LogP) is 4.54. The Morgan fingerprint density at radius 2 is 1.88 bits per heavy atom. The third-order valence-corrected chi connectivity index (χ3v) is 6.71. The summed E-state index contributed by atoms with van der Waals surface area (Å²) in [5.74, 6) is -1.69. The number of ether oxygens (including phenoxy) is 1. The van der Waals surface area contributed by atoms with Gasteiger partial charge in [-0.15, -0.1) is 0 Å². The molecule has 0 unspecified atom stereocenters. The summed E-state index contributed by atoms with van der Waals surface area (Å²) in [5.41, 5.74) is 1.87. The molecule has 0 aliphatic carbocycles. The van der Waals surface area contributed by atoms with Gasteiger partial charge >= 0.3 is 5.97 Å². The molecule has 33 heavy (non-hydrogen) atoms. The largest absolute Gasteiger partial charge is 0.465 e. The van der Waals surface area contributed by atoms with E-state index in [9.17, 15) is 18.8 Å². The number of hydrogen-bond acceptors (Lipinski definition) is 7. The van der Waals surface area contributed by atoms with Gasteiger partial charge in [-0.25, -0.2) is 14.2 Å². The number of anilines is 1. The van der Waals surface area contributed by atoms with E-state index in [1.807, 2.05) is 6.92 Å². The van der Waals surface area contributed by atoms with E-state index in [-0.39, 0.29) is 26.8 Å². The van der Waals surface area contributed by atoms with Crippen LogP contribution in [0, 0.1) is 19.7 Å². The van der Waals surface area contributed by atoms with Gasteiger partial charge in [-0.05, 0) is 43.7 Å². The number of aryl methyl sites for hydroxylation is 2. The topological polar surface area (TPSA) is 89.7 Å². The van der Waals surface area contributed by atoms with Crippen LogP contribution in [0.2, 0.25) is 0 Å². The van der Waals surface area contributed by atoms with Crippen LogP contribution in [0.15, 0.2) is 51.7 Å². The summed E-state index contributed by atoms with van der Waals surface area (Å²) < 4.78 is 24.4. The number of methoxy groups -OCH3 is 1. The Kier molecular flexibility index (Phi) is 4.86. The van der Waals surface area contributed by atoms with Crippen molar-refractivity contribution in [1.82, 2.24) is 4.98 Å². The molecule has 0 bridgehead atoms. The van der Waals surface area contributed by atoms with Crippen molar-refractivity contribution >= 4 is 39.3 Å². The molecule has 9 heteroatoms. The molecular formula is C24H17FN2O5S. The molecule has 0 radical (unpaired) electrons. The number of thiazole rings is 1. The van der Waals surface area contributed by atoms with E-state index >= 15 is 0 Å². The van der Waals surface area contributed by atoms with Crippen LogP contribution in [0.5, 0.6) is 0 Å². The Hall–Kier alpha value is -3.85. The number of fused-ring (bicyclic) bond motifs is 2. The van der Waals surface area contributed by atoms with Crippen LogP contribution in [-0.2, 0) is 4.74 Å². The van der Waals surface area contributed by atoms with Gasteiger partial charge < -0.3 is 9.15 Å². The number of amides is 1. The molecule has 0 N–H and O–H groups in total. The first kappa shape index (κ1) is 21.0. The van der Waals surface area contributed by atoms with Crippen molar-refractivity contribution in [3.8, 4) is 0 Å². The second kappa shape index (κ2) is 7.63. The standard InChI is InChI=1S/C24H17FN2O5S/c1-11-4-9-16-15(10-11)19(28)17-18(13-5-7-14(25)8-6-13)27(22(29)20(17)32-16)24-26-12(2)21(33-24)23(30)31-3/h4-10,18H,1-3H3/t18-/m1/s1. The summed E-state index contributed by atoms with van der Waals surface area (Å²) in [4.78, 5) is 45.2. The summed E-state index contributed by atoms with van der Waals surface area (Å²) in [5, 5.41) is 0.555. The van der Waals surface area contributed by atoms with E-state index in [1.165, 1.54) is 36.3 Å². The smallest absolute Gasteiger partial charge is 0.350 e. The van der Waals surface area contributed by atoms with Crippen LogP contribution in [-0.4, -0.2) is 24.0 Å². The van der Waals surface area contributed by atoms with Crippen LogP contribution in [0.25, 0.3) is 11.0 Å². The van der Waals surface area contributed by atoms with E-state index in [2.05, 4.69) is 4.98 Å². The Morgan fingerprint density at radius 1 is 1.15 bits per heavy atom. The number of rotatable bonds is 3. The second-order valence-corrected chi connectivity index (χ2v) is 8.68. The fourth-order valence-corrected chi connectivity index (χ4v) is 5.02. The molecule has 2 aromatic carbocycles. The number of benzene rings is 2. The molecule has 2 aromatic heterocycles. The van der Waals surface area contributed by atoms with Gasteiger partial charge in [0.05, 0.1) is 29.8 Å². The fraction of sp³-hybridized carbons (Fsp3) is 0.167. The van der Waals surface area contributed by atoms with Gasteiger partial charge in [-0.3, -0.25) is 14.5 Å². The lowest BCUT2D eigenvalue weighted by Gasteiger charge is -2.22. The number of hydrogen-bond donors (Lipinski definition) is 0. The van der Waals surface area contributed by atoms with Crippen LogP contribution in [0.1, 0.15) is 48.7 Å². The first-order chi connectivity index (χ1) is 15.8. The number of carbonyl (C=O) groups excluding carboxylic acids is 2. The monoisotopic (exact) mass is 464 g/mol. The quantitative estimate of drug-likeness (QED) is 0.414. The summed E-state index contributed by atoms with van der Waals surface area (Å²) in [7, 11) is 1.26. The van der Waals surface area contributed by atoms with Crippen molar-refractivity contribution in [1.29, 1.82) is 0 Å². The Morgan fingerprint density at radius 3 is 2.58 bits per heavy atom. The third-order valence-electron chi connectivity index (χ3n) is 5.57. The van der Waals surface area contributed by atoms with Gasteiger partial charge in [0.15, 0.2) is 10.6 Å². The number of halogens is 1. The van der Waals surface area contributed by atoms with Crippen molar-refractivity contribution in [2.45, 2.75) is 19.9 Å². The minimum atomic E-state index is -0.898. The molecule has 1 amide bonds. The van der Waals surface area contributed by atoms with Crippen molar-refractivity contribution in [3.63, 3.8) is 0 Å². The molecule has 0 saturated carbocycles. The third kappa shape index (κ3) is 3.23. The number of carbonyl (C=O) groups is 2. The van der Waals surface area contributed by atoms with Crippen molar-refractivity contribution in [3.05, 3.63) is 91.5 Å². The average Bonchev–Trinajstić information content (AvgIpc) is 3.32. The number of esters is 1. The molecule has 166 valence electrons. The summed E-state index contributed by atoms with van der Waals surface area (Å²) in [6.45, 7) is 3.49. The minimum absolute atomic E-state index is 0.0989. The molecule has 4 aromatic rings. The molecule has 1 aliphatic rings. The molecular weight excluding hydrogens is 447 g/mol. The van der Waals surface area contributed by atoms with Gasteiger partial charge in [0.2, 0.25) is 5.76 Å².